The lowest BCUT2D eigenvalue weighted by molar-refractivity contribution is 0.222. The second kappa shape index (κ2) is 6.49. The zero-order valence-electron chi connectivity index (χ0n) is 12.2. The molecule has 20 heavy (non-hydrogen) atoms. The third kappa shape index (κ3) is 4.14. The maximum absolute atomic E-state index is 12.1. The van der Waals surface area contributed by atoms with Crippen LogP contribution in [-0.2, 0) is 5.54 Å². The predicted octanol–water partition coefficient (Wildman–Crippen LogP) is 4.21. The zero-order valence-corrected chi connectivity index (χ0v) is 13.0. The molecule has 2 N–H and O–H groups in total. The molecule has 4 heteroatoms. The summed E-state index contributed by atoms with van der Waals surface area (Å²) in [5, 5.41) is 6.80. The third-order valence-electron chi connectivity index (χ3n) is 3.91. The van der Waals surface area contributed by atoms with E-state index in [0.717, 1.165) is 18.4 Å². The lowest BCUT2D eigenvalue weighted by atomic mass is 9.94. The number of hydrogen-bond acceptors (Lipinski definition) is 1. The Labute approximate surface area is 126 Å². The van der Waals surface area contributed by atoms with Gasteiger partial charge in [0.05, 0.1) is 5.54 Å². The average Bonchev–Trinajstić information content (AvgIpc) is 2.39. The van der Waals surface area contributed by atoms with Crippen molar-refractivity contribution >= 4 is 17.6 Å². The lowest BCUT2D eigenvalue weighted by Gasteiger charge is -2.29. The molecular formula is C16H23ClN2O. The number of hydrogen-bond donors (Lipinski definition) is 2. The molecule has 1 fully saturated rings. The van der Waals surface area contributed by atoms with Gasteiger partial charge in [0.15, 0.2) is 0 Å². The van der Waals surface area contributed by atoms with Crippen LogP contribution in [0.4, 0.5) is 4.79 Å². The van der Waals surface area contributed by atoms with E-state index in [1.54, 1.807) is 0 Å². The van der Waals surface area contributed by atoms with Gasteiger partial charge in [0.1, 0.15) is 0 Å². The average molecular weight is 295 g/mol. The quantitative estimate of drug-likeness (QED) is 0.861. The first-order valence-electron chi connectivity index (χ1n) is 7.32. The number of benzene rings is 1. The van der Waals surface area contributed by atoms with Gasteiger partial charge in [-0.15, -0.1) is 0 Å². The monoisotopic (exact) mass is 294 g/mol. The van der Waals surface area contributed by atoms with Crippen molar-refractivity contribution in [1.82, 2.24) is 10.6 Å². The number of halogens is 1. The number of carbonyl (C=O) groups excluding carboxylic acids is 1. The number of rotatable bonds is 3. The van der Waals surface area contributed by atoms with Crippen molar-refractivity contribution in [1.29, 1.82) is 0 Å². The molecular weight excluding hydrogens is 272 g/mol. The van der Waals surface area contributed by atoms with Gasteiger partial charge in [-0.1, -0.05) is 43.0 Å². The van der Waals surface area contributed by atoms with Crippen LogP contribution in [-0.4, -0.2) is 12.1 Å². The van der Waals surface area contributed by atoms with E-state index in [2.05, 4.69) is 10.6 Å². The van der Waals surface area contributed by atoms with E-state index in [1.165, 1.54) is 19.3 Å². The highest BCUT2D eigenvalue weighted by Crippen LogP contribution is 2.23. The second-order valence-corrected chi connectivity index (χ2v) is 6.51. The highest BCUT2D eigenvalue weighted by atomic mass is 35.5. The highest BCUT2D eigenvalue weighted by molar-refractivity contribution is 6.30. The second-order valence-electron chi connectivity index (χ2n) is 6.07. The van der Waals surface area contributed by atoms with Crippen LogP contribution in [0.15, 0.2) is 24.3 Å². The number of carbonyl (C=O) groups is 1. The Morgan fingerprint density at radius 1 is 1.25 bits per heavy atom. The first kappa shape index (κ1) is 15.2. The molecule has 1 saturated carbocycles. The van der Waals surface area contributed by atoms with Crippen LogP contribution in [0.3, 0.4) is 0 Å². The Hall–Kier alpha value is -1.22. The topological polar surface area (TPSA) is 41.1 Å². The lowest BCUT2D eigenvalue weighted by Crippen LogP contribution is -2.49. The highest BCUT2D eigenvalue weighted by Gasteiger charge is 2.24. The molecule has 0 radical (unpaired) electrons. The molecule has 0 spiro atoms. The third-order valence-corrected chi connectivity index (χ3v) is 4.15. The minimum absolute atomic E-state index is 0.0955. The Morgan fingerprint density at radius 3 is 2.60 bits per heavy atom. The van der Waals surface area contributed by atoms with Crippen molar-refractivity contribution in [2.24, 2.45) is 0 Å². The molecule has 110 valence electrons. The fraction of sp³-hybridized carbons (Fsp3) is 0.562. The molecule has 0 heterocycles. The molecule has 2 rings (SSSR count). The van der Waals surface area contributed by atoms with Crippen molar-refractivity contribution in [3.63, 3.8) is 0 Å². The molecule has 1 aliphatic rings. The largest absolute Gasteiger partial charge is 0.335 e. The Kier molecular flexibility index (Phi) is 4.92. The molecule has 2 amide bonds. The molecule has 0 aromatic heterocycles. The summed E-state index contributed by atoms with van der Waals surface area (Å²) in [6.45, 7) is 3.97. The fourth-order valence-corrected chi connectivity index (χ4v) is 2.89. The Morgan fingerprint density at radius 2 is 1.95 bits per heavy atom. The van der Waals surface area contributed by atoms with Crippen LogP contribution in [0.5, 0.6) is 0 Å². The molecule has 1 aromatic rings. The van der Waals surface area contributed by atoms with Gasteiger partial charge >= 0.3 is 6.03 Å². The van der Waals surface area contributed by atoms with Crippen molar-refractivity contribution in [3.8, 4) is 0 Å². The maximum atomic E-state index is 12.1. The van der Waals surface area contributed by atoms with Crippen LogP contribution in [0.25, 0.3) is 0 Å². The summed E-state index contributed by atoms with van der Waals surface area (Å²) in [5.74, 6) is 0. The molecule has 0 aliphatic heterocycles. The van der Waals surface area contributed by atoms with Crippen molar-refractivity contribution in [3.05, 3.63) is 34.9 Å². The van der Waals surface area contributed by atoms with E-state index < -0.39 is 5.54 Å². The van der Waals surface area contributed by atoms with Crippen molar-refractivity contribution < 1.29 is 4.79 Å². The molecule has 1 aliphatic carbocycles. The van der Waals surface area contributed by atoms with Crippen molar-refractivity contribution in [2.45, 2.75) is 57.5 Å². The minimum Gasteiger partial charge on any atom is -0.335 e. The minimum atomic E-state index is -0.441. The van der Waals surface area contributed by atoms with Gasteiger partial charge in [-0.3, -0.25) is 0 Å². The van der Waals surface area contributed by atoms with Crippen LogP contribution in [0.1, 0.15) is 51.5 Å². The maximum Gasteiger partial charge on any atom is 0.315 e. The molecule has 0 bridgehead atoms. The van der Waals surface area contributed by atoms with Gasteiger partial charge in [-0.05, 0) is 44.4 Å². The van der Waals surface area contributed by atoms with Crippen LogP contribution in [0, 0.1) is 0 Å². The zero-order chi connectivity index (χ0) is 14.6. The van der Waals surface area contributed by atoms with Gasteiger partial charge in [-0.25, -0.2) is 4.79 Å². The van der Waals surface area contributed by atoms with Gasteiger partial charge < -0.3 is 10.6 Å². The van der Waals surface area contributed by atoms with E-state index in [0.29, 0.717) is 11.1 Å². The van der Waals surface area contributed by atoms with Gasteiger partial charge in [0.2, 0.25) is 0 Å². The summed E-state index contributed by atoms with van der Waals surface area (Å²) in [7, 11) is 0. The van der Waals surface area contributed by atoms with E-state index in [4.69, 9.17) is 11.6 Å². The molecule has 1 aromatic carbocycles. The first-order chi connectivity index (χ1) is 9.47. The van der Waals surface area contributed by atoms with Gasteiger partial charge in [0, 0.05) is 11.1 Å². The van der Waals surface area contributed by atoms with E-state index in [9.17, 15) is 4.79 Å². The summed E-state index contributed by atoms with van der Waals surface area (Å²) in [6, 6.07) is 7.83. The van der Waals surface area contributed by atoms with Gasteiger partial charge in [-0.2, -0.15) is 0 Å². The fourth-order valence-electron chi connectivity index (χ4n) is 2.70. The summed E-state index contributed by atoms with van der Waals surface area (Å²) in [6.07, 6.45) is 5.88. The van der Waals surface area contributed by atoms with E-state index in [1.807, 2.05) is 38.1 Å². The number of nitrogens with one attached hydrogen (secondary N) is 2. The molecule has 0 atom stereocenters. The summed E-state index contributed by atoms with van der Waals surface area (Å²) in [4.78, 5) is 12.1. The molecule has 0 saturated heterocycles. The number of urea groups is 1. The molecule has 0 unspecified atom stereocenters. The normalized spacial score (nSPS) is 16.8. The van der Waals surface area contributed by atoms with E-state index >= 15 is 0 Å². The Balaban J connectivity index is 1.94. The molecule has 3 nitrogen and oxygen atoms in total. The van der Waals surface area contributed by atoms with Gasteiger partial charge in [0.25, 0.3) is 0 Å². The van der Waals surface area contributed by atoms with E-state index in [-0.39, 0.29) is 6.03 Å². The predicted molar refractivity (Wildman–Crippen MR) is 83.0 cm³/mol. The SMILES string of the molecule is CC(C)(NC(=O)NC1CCCCC1)c1cccc(Cl)c1. The smallest absolute Gasteiger partial charge is 0.315 e. The first-order valence-corrected chi connectivity index (χ1v) is 7.70. The summed E-state index contributed by atoms with van der Waals surface area (Å²) < 4.78 is 0. The summed E-state index contributed by atoms with van der Waals surface area (Å²) >= 11 is 6.01. The van der Waals surface area contributed by atoms with Crippen LogP contribution >= 0.6 is 11.6 Å². The Bertz CT molecular complexity index is 467. The number of amides is 2. The standard InChI is InChI=1S/C16H23ClN2O/c1-16(2,12-7-6-8-13(17)11-12)19-15(20)18-14-9-4-3-5-10-14/h6-8,11,14H,3-5,9-10H2,1-2H3,(H2,18,19,20). The summed E-state index contributed by atoms with van der Waals surface area (Å²) in [5.41, 5.74) is 0.563. The van der Waals surface area contributed by atoms with Crippen LogP contribution < -0.4 is 10.6 Å². The van der Waals surface area contributed by atoms with Crippen LogP contribution in [0.2, 0.25) is 5.02 Å². The van der Waals surface area contributed by atoms with Crippen molar-refractivity contribution in [2.75, 3.05) is 0 Å².